The molecule has 0 unspecified atom stereocenters. The number of rotatable bonds is 3. The summed E-state index contributed by atoms with van der Waals surface area (Å²) in [7, 11) is 1.09. The predicted molar refractivity (Wildman–Crippen MR) is 62.2 cm³/mol. The van der Waals surface area contributed by atoms with Gasteiger partial charge in [-0.15, -0.1) is 0 Å². The van der Waals surface area contributed by atoms with Crippen LogP contribution in [0.4, 0.5) is 4.39 Å². The largest absolute Gasteiger partial charge is 0.352 e. The Hall–Kier alpha value is -1.14. The summed E-state index contributed by atoms with van der Waals surface area (Å²) in [5, 5.41) is 2.47. The Balaban J connectivity index is 3.44. The van der Waals surface area contributed by atoms with E-state index in [0.29, 0.717) is 6.54 Å². The lowest BCUT2D eigenvalue weighted by molar-refractivity contribution is 0.0954. The second-order valence-electron chi connectivity index (χ2n) is 3.37. The van der Waals surface area contributed by atoms with Crippen LogP contribution in [-0.4, -0.2) is 20.9 Å². The molecule has 1 amide bonds. The fraction of sp³-hybridized carbons (Fsp3) is 0.300. The van der Waals surface area contributed by atoms with E-state index < -0.39 is 20.8 Å². The number of halogens is 2. The van der Waals surface area contributed by atoms with Crippen molar-refractivity contribution < 1.29 is 17.6 Å². The smallest absolute Gasteiger partial charge is 0.261 e. The van der Waals surface area contributed by atoms with E-state index in [9.17, 15) is 17.6 Å². The minimum atomic E-state index is -4.07. The van der Waals surface area contributed by atoms with E-state index in [4.69, 9.17) is 10.7 Å². The molecule has 0 bridgehead atoms. The minimum Gasteiger partial charge on any atom is -0.352 e. The van der Waals surface area contributed by atoms with Gasteiger partial charge in [0.05, 0.1) is 4.90 Å². The van der Waals surface area contributed by atoms with Gasteiger partial charge in [0.15, 0.2) is 0 Å². The van der Waals surface area contributed by atoms with Crippen molar-refractivity contribution in [2.45, 2.75) is 18.7 Å². The topological polar surface area (TPSA) is 63.2 Å². The van der Waals surface area contributed by atoms with Crippen molar-refractivity contribution in [3.8, 4) is 0 Å². The highest BCUT2D eigenvalue weighted by Gasteiger charge is 2.20. The summed E-state index contributed by atoms with van der Waals surface area (Å²) in [6.45, 7) is 3.46. The summed E-state index contributed by atoms with van der Waals surface area (Å²) in [6.07, 6.45) is 0. The molecule has 0 fully saturated rings. The van der Waals surface area contributed by atoms with Crippen LogP contribution in [-0.2, 0) is 9.05 Å². The molecule has 7 heteroatoms. The highest BCUT2D eigenvalue weighted by molar-refractivity contribution is 8.13. The van der Waals surface area contributed by atoms with Crippen molar-refractivity contribution in [3.63, 3.8) is 0 Å². The normalized spacial score (nSPS) is 11.3. The number of amides is 1. The molecule has 1 rings (SSSR count). The summed E-state index contributed by atoms with van der Waals surface area (Å²) in [6, 6.07) is 1.77. The molecule has 0 spiro atoms. The van der Waals surface area contributed by atoms with E-state index in [1.54, 1.807) is 6.92 Å². The van der Waals surface area contributed by atoms with Gasteiger partial charge in [-0.3, -0.25) is 4.79 Å². The third-order valence-corrected chi connectivity index (χ3v) is 3.62. The highest BCUT2D eigenvalue weighted by atomic mass is 35.7. The number of nitrogens with one attached hydrogen (secondary N) is 1. The minimum absolute atomic E-state index is 0.0360. The van der Waals surface area contributed by atoms with Gasteiger partial charge in [-0.2, -0.15) is 0 Å². The number of hydrogen-bond acceptors (Lipinski definition) is 3. The van der Waals surface area contributed by atoms with Crippen LogP contribution in [0, 0.1) is 12.7 Å². The molecule has 0 atom stereocenters. The second-order valence-corrected chi connectivity index (χ2v) is 5.91. The lowest BCUT2D eigenvalue weighted by atomic mass is 10.1. The van der Waals surface area contributed by atoms with Gasteiger partial charge in [0.25, 0.3) is 15.0 Å². The first-order valence-electron chi connectivity index (χ1n) is 4.80. The third-order valence-electron chi connectivity index (χ3n) is 2.17. The molecule has 94 valence electrons. The van der Waals surface area contributed by atoms with E-state index in [-0.39, 0.29) is 16.0 Å². The molecule has 1 N–H and O–H groups in total. The third kappa shape index (κ3) is 3.17. The zero-order valence-corrected chi connectivity index (χ0v) is 10.8. The Bertz CT molecular complexity index is 557. The van der Waals surface area contributed by atoms with Gasteiger partial charge in [0, 0.05) is 22.8 Å². The maximum absolute atomic E-state index is 13.2. The zero-order chi connectivity index (χ0) is 13.2. The SMILES string of the molecule is CCNC(=O)c1cc(F)cc(S(=O)(=O)Cl)c1C. The van der Waals surface area contributed by atoms with Gasteiger partial charge in [-0.05, 0) is 31.5 Å². The maximum Gasteiger partial charge on any atom is 0.261 e. The van der Waals surface area contributed by atoms with Crippen LogP contribution in [0.25, 0.3) is 0 Å². The average Bonchev–Trinajstić information content (AvgIpc) is 2.19. The van der Waals surface area contributed by atoms with Gasteiger partial charge >= 0.3 is 0 Å². The Kier molecular flexibility index (Phi) is 4.11. The molecule has 0 saturated carbocycles. The Labute approximate surface area is 103 Å². The van der Waals surface area contributed by atoms with Crippen LogP contribution in [0.3, 0.4) is 0 Å². The number of carbonyl (C=O) groups excluding carboxylic acids is 1. The predicted octanol–water partition coefficient (Wildman–Crippen LogP) is 1.81. The van der Waals surface area contributed by atoms with Gasteiger partial charge in [0.1, 0.15) is 5.82 Å². The van der Waals surface area contributed by atoms with E-state index in [2.05, 4.69) is 5.32 Å². The molecule has 1 aromatic rings. The van der Waals surface area contributed by atoms with Crippen molar-refractivity contribution in [2.24, 2.45) is 0 Å². The molecule has 0 aliphatic rings. The summed E-state index contributed by atoms with van der Waals surface area (Å²) in [5.74, 6) is -1.36. The molecule has 0 radical (unpaired) electrons. The van der Waals surface area contributed by atoms with Crippen LogP contribution in [0.1, 0.15) is 22.8 Å². The highest BCUT2D eigenvalue weighted by Crippen LogP contribution is 2.24. The first kappa shape index (κ1) is 13.9. The van der Waals surface area contributed by atoms with Gasteiger partial charge in [-0.1, -0.05) is 0 Å². The monoisotopic (exact) mass is 279 g/mol. The van der Waals surface area contributed by atoms with Crippen LogP contribution in [0.5, 0.6) is 0 Å². The van der Waals surface area contributed by atoms with Gasteiger partial charge < -0.3 is 5.32 Å². The van der Waals surface area contributed by atoms with Crippen LogP contribution in [0.15, 0.2) is 17.0 Å². The molecule has 0 saturated heterocycles. The summed E-state index contributed by atoms with van der Waals surface area (Å²) >= 11 is 0. The summed E-state index contributed by atoms with van der Waals surface area (Å²) in [4.78, 5) is 11.2. The molecular weight excluding hydrogens is 269 g/mol. The van der Waals surface area contributed by atoms with Gasteiger partial charge in [-0.25, -0.2) is 12.8 Å². The molecule has 1 aromatic carbocycles. The average molecular weight is 280 g/mol. The van der Waals surface area contributed by atoms with Crippen LogP contribution >= 0.6 is 10.7 Å². The molecule has 0 aromatic heterocycles. The van der Waals surface area contributed by atoms with Crippen molar-refractivity contribution >= 4 is 25.6 Å². The Morgan fingerprint density at radius 2 is 2.06 bits per heavy atom. The first-order valence-corrected chi connectivity index (χ1v) is 7.11. The number of carbonyl (C=O) groups is 1. The quantitative estimate of drug-likeness (QED) is 0.859. The zero-order valence-electron chi connectivity index (χ0n) is 9.25. The molecule has 0 heterocycles. The van der Waals surface area contributed by atoms with E-state index >= 15 is 0 Å². The maximum atomic E-state index is 13.2. The number of hydrogen-bond donors (Lipinski definition) is 1. The summed E-state index contributed by atoms with van der Waals surface area (Å²) < 4.78 is 35.6. The lowest BCUT2D eigenvalue weighted by Crippen LogP contribution is -2.24. The molecular formula is C10H11ClFNO3S. The molecule has 0 aliphatic carbocycles. The standard InChI is InChI=1S/C10H11ClFNO3S/c1-3-13-10(14)8-4-7(12)5-9(6(8)2)17(11,15)16/h4-5H,3H2,1-2H3,(H,13,14). The fourth-order valence-corrected chi connectivity index (χ4v) is 2.61. The first-order chi connectivity index (χ1) is 7.77. The van der Waals surface area contributed by atoms with Crippen LogP contribution in [0.2, 0.25) is 0 Å². The molecule has 17 heavy (non-hydrogen) atoms. The molecule has 4 nitrogen and oxygen atoms in total. The second kappa shape index (κ2) is 5.01. The van der Waals surface area contributed by atoms with Crippen molar-refractivity contribution in [1.29, 1.82) is 0 Å². The van der Waals surface area contributed by atoms with E-state index in [1.807, 2.05) is 0 Å². The molecule has 0 aliphatic heterocycles. The number of benzene rings is 1. The van der Waals surface area contributed by atoms with Crippen molar-refractivity contribution in [1.82, 2.24) is 5.32 Å². The lowest BCUT2D eigenvalue weighted by Gasteiger charge is -2.09. The Morgan fingerprint density at radius 1 is 1.47 bits per heavy atom. The van der Waals surface area contributed by atoms with Gasteiger partial charge in [0.2, 0.25) is 0 Å². The summed E-state index contributed by atoms with van der Waals surface area (Å²) in [5.41, 5.74) is 0.0958. The Morgan fingerprint density at radius 3 is 2.53 bits per heavy atom. The van der Waals surface area contributed by atoms with Crippen molar-refractivity contribution in [3.05, 3.63) is 29.1 Å². The van der Waals surface area contributed by atoms with E-state index in [1.165, 1.54) is 6.92 Å². The fourth-order valence-electron chi connectivity index (χ4n) is 1.40. The van der Waals surface area contributed by atoms with Crippen LogP contribution < -0.4 is 5.32 Å². The van der Waals surface area contributed by atoms with Crippen molar-refractivity contribution in [2.75, 3.05) is 6.54 Å². The van der Waals surface area contributed by atoms with E-state index in [0.717, 1.165) is 12.1 Å².